The van der Waals surface area contributed by atoms with Crippen LogP contribution in [0.5, 0.6) is 0 Å². The van der Waals surface area contributed by atoms with E-state index in [1.54, 1.807) is 18.3 Å². The van der Waals surface area contributed by atoms with Crippen molar-refractivity contribution in [2.75, 3.05) is 18.9 Å². The Bertz CT molecular complexity index is 569. The minimum absolute atomic E-state index is 0.0518. The van der Waals surface area contributed by atoms with E-state index in [4.69, 9.17) is 10.8 Å². The second-order valence-electron chi connectivity index (χ2n) is 3.97. The largest absolute Gasteiger partial charge is 0.399 e. The van der Waals surface area contributed by atoms with E-state index < -0.39 is 0 Å². The number of fused-ring (bicyclic) bond motifs is 1. The van der Waals surface area contributed by atoms with Gasteiger partial charge in [0.2, 0.25) is 0 Å². The molecule has 4 N–H and O–H groups in total. The Hall–Kier alpha value is -2.14. The third-order valence-corrected chi connectivity index (χ3v) is 2.63. The van der Waals surface area contributed by atoms with Crippen LogP contribution in [0.3, 0.4) is 0 Å². The maximum absolute atomic E-state index is 11.9. The van der Waals surface area contributed by atoms with Gasteiger partial charge in [0.1, 0.15) is 5.69 Å². The Morgan fingerprint density at radius 3 is 3.00 bits per heavy atom. The van der Waals surface area contributed by atoms with Gasteiger partial charge in [-0.15, -0.1) is 0 Å². The molecule has 0 aliphatic heterocycles. The molecule has 0 fully saturated rings. The average Bonchev–Trinajstić information content (AvgIpc) is 2.38. The maximum Gasteiger partial charge on any atom is 0.270 e. The van der Waals surface area contributed by atoms with Crippen LogP contribution < -0.4 is 11.1 Å². The van der Waals surface area contributed by atoms with Gasteiger partial charge >= 0.3 is 0 Å². The minimum Gasteiger partial charge on any atom is -0.399 e. The molecule has 18 heavy (non-hydrogen) atoms. The number of nitrogens with zero attached hydrogens (tertiary/aromatic N) is 1. The number of amides is 1. The van der Waals surface area contributed by atoms with Crippen molar-refractivity contribution in [2.24, 2.45) is 0 Å². The normalized spacial score (nSPS) is 10.5. The van der Waals surface area contributed by atoms with Crippen LogP contribution in [-0.4, -0.2) is 29.1 Å². The van der Waals surface area contributed by atoms with Crippen LogP contribution in [0.1, 0.15) is 16.9 Å². The first-order valence-corrected chi connectivity index (χ1v) is 5.75. The molecule has 5 heteroatoms. The molecule has 0 radical (unpaired) electrons. The van der Waals surface area contributed by atoms with Crippen molar-refractivity contribution in [3.05, 3.63) is 36.2 Å². The van der Waals surface area contributed by atoms with Crippen LogP contribution in [0, 0.1) is 0 Å². The van der Waals surface area contributed by atoms with E-state index in [2.05, 4.69) is 10.3 Å². The number of benzene rings is 1. The first-order chi connectivity index (χ1) is 8.72. The van der Waals surface area contributed by atoms with Gasteiger partial charge in [0.05, 0.1) is 0 Å². The molecule has 94 valence electrons. The Kier molecular flexibility index (Phi) is 3.74. The van der Waals surface area contributed by atoms with E-state index in [1.165, 1.54) is 0 Å². The van der Waals surface area contributed by atoms with Crippen LogP contribution in [0.25, 0.3) is 10.8 Å². The Balaban J connectivity index is 2.32. The molecule has 1 heterocycles. The average molecular weight is 245 g/mol. The number of hydrogen-bond donors (Lipinski definition) is 3. The van der Waals surface area contributed by atoms with Gasteiger partial charge in [-0.3, -0.25) is 9.78 Å². The third kappa shape index (κ3) is 2.57. The van der Waals surface area contributed by atoms with Crippen molar-refractivity contribution in [3.63, 3.8) is 0 Å². The summed E-state index contributed by atoms with van der Waals surface area (Å²) >= 11 is 0. The molecule has 1 amide bonds. The molecule has 5 nitrogen and oxygen atoms in total. The fourth-order valence-electron chi connectivity index (χ4n) is 1.73. The molecule has 0 unspecified atom stereocenters. The lowest BCUT2D eigenvalue weighted by Gasteiger charge is -2.07. The molecule has 0 spiro atoms. The lowest BCUT2D eigenvalue weighted by molar-refractivity contribution is 0.0948. The highest BCUT2D eigenvalue weighted by Crippen LogP contribution is 2.19. The summed E-state index contributed by atoms with van der Waals surface area (Å²) in [6, 6.07) is 7.22. The Morgan fingerprint density at radius 1 is 1.39 bits per heavy atom. The van der Waals surface area contributed by atoms with E-state index in [1.807, 2.05) is 12.1 Å². The SMILES string of the molecule is Nc1ccc2ccnc(C(=O)NCCCO)c2c1. The lowest BCUT2D eigenvalue weighted by Crippen LogP contribution is -2.26. The summed E-state index contributed by atoms with van der Waals surface area (Å²) in [6.07, 6.45) is 2.12. The van der Waals surface area contributed by atoms with Crippen LogP contribution in [-0.2, 0) is 0 Å². The number of nitrogens with two attached hydrogens (primary N) is 1. The zero-order chi connectivity index (χ0) is 13.0. The van der Waals surface area contributed by atoms with Gasteiger partial charge in [0.15, 0.2) is 0 Å². The summed E-state index contributed by atoms with van der Waals surface area (Å²) in [6.45, 7) is 0.478. The predicted molar refractivity (Wildman–Crippen MR) is 70.2 cm³/mol. The second-order valence-corrected chi connectivity index (χ2v) is 3.97. The van der Waals surface area contributed by atoms with Crippen molar-refractivity contribution in [3.8, 4) is 0 Å². The van der Waals surface area contributed by atoms with Crippen LogP contribution in [0.2, 0.25) is 0 Å². The van der Waals surface area contributed by atoms with Crippen molar-refractivity contribution < 1.29 is 9.90 Å². The number of nitrogens with one attached hydrogen (secondary N) is 1. The van der Waals surface area contributed by atoms with Crippen LogP contribution in [0.15, 0.2) is 30.5 Å². The van der Waals surface area contributed by atoms with Crippen LogP contribution in [0.4, 0.5) is 5.69 Å². The number of aliphatic hydroxyl groups is 1. The van der Waals surface area contributed by atoms with Crippen molar-refractivity contribution in [2.45, 2.75) is 6.42 Å². The number of carbonyl (C=O) groups is 1. The smallest absolute Gasteiger partial charge is 0.270 e. The number of pyridine rings is 1. The van der Waals surface area contributed by atoms with Gasteiger partial charge in [-0.1, -0.05) is 6.07 Å². The fourth-order valence-corrected chi connectivity index (χ4v) is 1.73. The summed E-state index contributed by atoms with van der Waals surface area (Å²) in [5.74, 6) is -0.250. The monoisotopic (exact) mass is 245 g/mol. The highest BCUT2D eigenvalue weighted by molar-refractivity contribution is 6.05. The fraction of sp³-hybridized carbons (Fsp3) is 0.231. The molecule has 2 aromatic rings. The Labute approximate surface area is 105 Å². The number of aliphatic hydroxyl groups excluding tert-OH is 1. The number of nitrogen functional groups attached to an aromatic ring is 1. The molecule has 0 aliphatic carbocycles. The van der Waals surface area contributed by atoms with Gasteiger partial charge in [0, 0.05) is 30.4 Å². The molecule has 0 saturated heterocycles. The van der Waals surface area contributed by atoms with E-state index in [0.29, 0.717) is 24.3 Å². The first-order valence-electron chi connectivity index (χ1n) is 5.75. The number of rotatable bonds is 4. The molecule has 0 atom stereocenters. The van der Waals surface area contributed by atoms with Crippen molar-refractivity contribution in [1.29, 1.82) is 0 Å². The highest BCUT2D eigenvalue weighted by atomic mass is 16.3. The van der Waals surface area contributed by atoms with E-state index in [-0.39, 0.29) is 12.5 Å². The van der Waals surface area contributed by atoms with Crippen molar-refractivity contribution >= 4 is 22.4 Å². The van der Waals surface area contributed by atoms with Crippen LogP contribution >= 0.6 is 0 Å². The van der Waals surface area contributed by atoms with Gasteiger partial charge < -0.3 is 16.2 Å². The second kappa shape index (κ2) is 5.46. The minimum atomic E-state index is -0.250. The first kappa shape index (κ1) is 12.3. The summed E-state index contributed by atoms with van der Waals surface area (Å²) < 4.78 is 0. The number of aromatic nitrogens is 1. The molecule has 1 aromatic heterocycles. The number of anilines is 1. The molecular formula is C13H15N3O2. The summed E-state index contributed by atoms with van der Waals surface area (Å²) in [5, 5.41) is 13.0. The summed E-state index contributed by atoms with van der Waals surface area (Å²) in [4.78, 5) is 16.0. The van der Waals surface area contributed by atoms with E-state index in [0.717, 1.165) is 10.8 Å². The topological polar surface area (TPSA) is 88.2 Å². The zero-order valence-electron chi connectivity index (χ0n) is 9.89. The van der Waals surface area contributed by atoms with Gasteiger partial charge in [-0.2, -0.15) is 0 Å². The summed E-state index contributed by atoms with van der Waals surface area (Å²) in [5.41, 5.74) is 6.68. The summed E-state index contributed by atoms with van der Waals surface area (Å²) in [7, 11) is 0. The van der Waals surface area contributed by atoms with Crippen molar-refractivity contribution in [1.82, 2.24) is 10.3 Å². The van der Waals surface area contributed by atoms with Gasteiger partial charge in [0.25, 0.3) is 5.91 Å². The predicted octanol–water partition coefficient (Wildman–Crippen LogP) is 0.929. The quantitative estimate of drug-likeness (QED) is 0.552. The highest BCUT2D eigenvalue weighted by Gasteiger charge is 2.11. The molecule has 0 aliphatic rings. The Morgan fingerprint density at radius 2 is 2.22 bits per heavy atom. The third-order valence-electron chi connectivity index (χ3n) is 2.63. The number of hydrogen-bond acceptors (Lipinski definition) is 4. The van der Waals surface area contributed by atoms with E-state index in [9.17, 15) is 4.79 Å². The standard InChI is InChI=1S/C13H15N3O2/c14-10-3-2-9-4-6-15-12(11(9)8-10)13(18)16-5-1-7-17/h2-4,6,8,17H,1,5,7,14H2,(H,16,18). The molecule has 0 saturated carbocycles. The molecule has 2 rings (SSSR count). The molecular weight excluding hydrogens is 230 g/mol. The maximum atomic E-state index is 11.9. The van der Waals surface area contributed by atoms with Gasteiger partial charge in [-0.25, -0.2) is 0 Å². The van der Waals surface area contributed by atoms with Gasteiger partial charge in [-0.05, 0) is 30.0 Å². The van der Waals surface area contributed by atoms with E-state index >= 15 is 0 Å². The lowest BCUT2D eigenvalue weighted by atomic mass is 10.1. The molecule has 0 bridgehead atoms. The molecule has 1 aromatic carbocycles. The number of carbonyl (C=O) groups excluding carboxylic acids is 1. The zero-order valence-corrected chi connectivity index (χ0v) is 9.89.